The molecule has 2 fully saturated rings. The molecule has 1 aliphatic heterocycles. The van der Waals surface area contributed by atoms with Crippen molar-refractivity contribution in [1.82, 2.24) is 10.2 Å². The van der Waals surface area contributed by atoms with Gasteiger partial charge in [-0.2, -0.15) is 0 Å². The summed E-state index contributed by atoms with van der Waals surface area (Å²) in [5, 5.41) is 12.0. The molecule has 1 aliphatic carbocycles. The number of carbonyl (C=O) groups is 2. The molecule has 4 unspecified atom stereocenters. The third kappa shape index (κ3) is 3.19. The van der Waals surface area contributed by atoms with Crippen molar-refractivity contribution >= 4 is 12.0 Å². The molecule has 4 atom stereocenters. The van der Waals surface area contributed by atoms with Crippen LogP contribution >= 0.6 is 0 Å². The number of aliphatic carboxylic acids is 1. The molecule has 1 heterocycles. The number of rotatable bonds is 3. The number of urea groups is 1. The molecule has 108 valence electrons. The van der Waals surface area contributed by atoms with Crippen molar-refractivity contribution < 1.29 is 14.7 Å². The summed E-state index contributed by atoms with van der Waals surface area (Å²) in [7, 11) is 0. The Hall–Kier alpha value is -1.26. The van der Waals surface area contributed by atoms with Gasteiger partial charge in [-0.15, -0.1) is 0 Å². The molecule has 2 amide bonds. The molecule has 0 aromatic heterocycles. The maximum absolute atomic E-state index is 12.1. The standard InChI is InChI=1S/C14H24N2O3/c1-9-6-10(2)16(8-9)14(19)15-7-11-4-3-5-12(11)13(17)18/h9-12H,3-8H2,1-2H3,(H,15,19)(H,17,18). The Kier molecular flexibility index (Phi) is 4.32. The summed E-state index contributed by atoms with van der Waals surface area (Å²) in [6.07, 6.45) is 3.65. The van der Waals surface area contributed by atoms with Crippen molar-refractivity contribution in [2.24, 2.45) is 17.8 Å². The van der Waals surface area contributed by atoms with Gasteiger partial charge in [-0.3, -0.25) is 4.79 Å². The predicted octanol–water partition coefficient (Wildman–Crippen LogP) is 1.93. The maximum atomic E-state index is 12.1. The Morgan fingerprint density at radius 3 is 2.63 bits per heavy atom. The van der Waals surface area contributed by atoms with Crippen molar-refractivity contribution in [3.8, 4) is 0 Å². The fourth-order valence-corrected chi connectivity index (χ4v) is 3.51. The fraction of sp³-hybridized carbons (Fsp3) is 0.857. The van der Waals surface area contributed by atoms with Gasteiger partial charge < -0.3 is 15.3 Å². The minimum absolute atomic E-state index is 0.0344. The van der Waals surface area contributed by atoms with E-state index in [9.17, 15) is 9.59 Å². The van der Waals surface area contributed by atoms with Crippen LogP contribution in [0.2, 0.25) is 0 Å². The first-order valence-corrected chi connectivity index (χ1v) is 7.26. The molecule has 0 aromatic rings. The highest BCUT2D eigenvalue weighted by molar-refractivity contribution is 5.75. The molecular formula is C14H24N2O3. The van der Waals surface area contributed by atoms with Gasteiger partial charge in [0.15, 0.2) is 0 Å². The molecule has 1 saturated heterocycles. The zero-order chi connectivity index (χ0) is 14.0. The summed E-state index contributed by atoms with van der Waals surface area (Å²) in [5.41, 5.74) is 0. The number of hydrogen-bond donors (Lipinski definition) is 2. The van der Waals surface area contributed by atoms with E-state index in [1.165, 1.54) is 0 Å². The van der Waals surface area contributed by atoms with E-state index in [2.05, 4.69) is 19.2 Å². The minimum Gasteiger partial charge on any atom is -0.481 e. The van der Waals surface area contributed by atoms with E-state index in [-0.39, 0.29) is 23.9 Å². The molecule has 0 radical (unpaired) electrons. The number of nitrogens with one attached hydrogen (secondary N) is 1. The van der Waals surface area contributed by atoms with E-state index >= 15 is 0 Å². The number of hydrogen-bond acceptors (Lipinski definition) is 2. The molecular weight excluding hydrogens is 244 g/mol. The summed E-state index contributed by atoms with van der Waals surface area (Å²) in [5.74, 6) is -0.356. The van der Waals surface area contributed by atoms with Crippen LogP contribution in [0.25, 0.3) is 0 Å². The summed E-state index contributed by atoms with van der Waals surface area (Å²) < 4.78 is 0. The first kappa shape index (κ1) is 14.2. The van der Waals surface area contributed by atoms with Gasteiger partial charge in [-0.05, 0) is 38.0 Å². The molecule has 19 heavy (non-hydrogen) atoms. The molecule has 5 heteroatoms. The van der Waals surface area contributed by atoms with Crippen LogP contribution in [0.15, 0.2) is 0 Å². The summed E-state index contributed by atoms with van der Waals surface area (Å²) in [6.45, 7) is 5.52. The Balaban J connectivity index is 1.82. The van der Waals surface area contributed by atoms with Crippen LogP contribution in [-0.4, -0.2) is 41.1 Å². The number of carboxylic acids is 1. The second-order valence-electron chi connectivity index (χ2n) is 6.16. The van der Waals surface area contributed by atoms with Gasteiger partial charge in [-0.25, -0.2) is 4.79 Å². The molecule has 1 saturated carbocycles. The molecule has 0 aromatic carbocycles. The minimum atomic E-state index is -0.722. The summed E-state index contributed by atoms with van der Waals surface area (Å²) in [6, 6.07) is 0.252. The normalized spacial score (nSPS) is 34.5. The van der Waals surface area contributed by atoms with Crippen LogP contribution in [0.1, 0.15) is 39.5 Å². The fourth-order valence-electron chi connectivity index (χ4n) is 3.51. The van der Waals surface area contributed by atoms with Crippen molar-refractivity contribution in [2.45, 2.75) is 45.6 Å². The average Bonchev–Trinajstić information content (AvgIpc) is 2.92. The van der Waals surface area contributed by atoms with E-state index in [4.69, 9.17) is 5.11 Å². The van der Waals surface area contributed by atoms with E-state index in [1.807, 2.05) is 4.90 Å². The van der Waals surface area contributed by atoms with E-state index < -0.39 is 5.97 Å². The van der Waals surface area contributed by atoms with Crippen LogP contribution in [0.3, 0.4) is 0 Å². The Bertz CT molecular complexity index is 359. The van der Waals surface area contributed by atoms with Gasteiger partial charge in [-0.1, -0.05) is 13.3 Å². The molecule has 5 nitrogen and oxygen atoms in total. The molecule has 2 rings (SSSR count). The third-order valence-electron chi connectivity index (χ3n) is 4.54. The summed E-state index contributed by atoms with van der Waals surface area (Å²) in [4.78, 5) is 25.1. The van der Waals surface area contributed by atoms with Crippen LogP contribution < -0.4 is 5.32 Å². The smallest absolute Gasteiger partial charge is 0.317 e. The van der Waals surface area contributed by atoms with Gasteiger partial charge in [0.25, 0.3) is 0 Å². The molecule has 0 bridgehead atoms. The lowest BCUT2D eigenvalue weighted by atomic mass is 9.96. The highest BCUT2D eigenvalue weighted by Gasteiger charge is 2.34. The second kappa shape index (κ2) is 5.80. The Labute approximate surface area is 114 Å². The quantitative estimate of drug-likeness (QED) is 0.821. The predicted molar refractivity (Wildman–Crippen MR) is 71.8 cm³/mol. The van der Waals surface area contributed by atoms with Crippen molar-refractivity contribution in [1.29, 1.82) is 0 Å². The van der Waals surface area contributed by atoms with Crippen molar-refractivity contribution in [3.05, 3.63) is 0 Å². The second-order valence-corrected chi connectivity index (χ2v) is 6.16. The third-order valence-corrected chi connectivity index (χ3v) is 4.54. The largest absolute Gasteiger partial charge is 0.481 e. The number of carboxylic acid groups (broad SMARTS) is 1. The lowest BCUT2D eigenvalue weighted by Crippen LogP contribution is -2.44. The molecule has 0 spiro atoms. The molecule has 2 aliphatic rings. The number of nitrogens with zero attached hydrogens (tertiary/aromatic N) is 1. The van der Waals surface area contributed by atoms with Gasteiger partial charge in [0, 0.05) is 19.1 Å². The van der Waals surface area contributed by atoms with Crippen LogP contribution in [0, 0.1) is 17.8 Å². The van der Waals surface area contributed by atoms with Crippen LogP contribution in [0.5, 0.6) is 0 Å². The van der Waals surface area contributed by atoms with Crippen molar-refractivity contribution in [3.63, 3.8) is 0 Å². The van der Waals surface area contributed by atoms with Gasteiger partial charge in [0.2, 0.25) is 0 Å². The molecule has 2 N–H and O–H groups in total. The lowest BCUT2D eigenvalue weighted by molar-refractivity contribution is -0.142. The highest BCUT2D eigenvalue weighted by Crippen LogP contribution is 2.31. The van der Waals surface area contributed by atoms with Crippen LogP contribution in [0.4, 0.5) is 4.79 Å². The number of likely N-dealkylation sites (tertiary alicyclic amines) is 1. The zero-order valence-corrected chi connectivity index (χ0v) is 11.8. The summed E-state index contributed by atoms with van der Waals surface area (Å²) >= 11 is 0. The first-order chi connectivity index (χ1) is 8.99. The lowest BCUT2D eigenvalue weighted by Gasteiger charge is -2.24. The average molecular weight is 268 g/mol. The first-order valence-electron chi connectivity index (χ1n) is 7.26. The van der Waals surface area contributed by atoms with Gasteiger partial charge in [0.05, 0.1) is 5.92 Å². The zero-order valence-electron chi connectivity index (χ0n) is 11.8. The topological polar surface area (TPSA) is 69.6 Å². The van der Waals surface area contributed by atoms with E-state index in [1.54, 1.807) is 0 Å². The van der Waals surface area contributed by atoms with Gasteiger partial charge in [0.1, 0.15) is 0 Å². The highest BCUT2D eigenvalue weighted by atomic mass is 16.4. The number of amides is 2. The Morgan fingerprint density at radius 1 is 1.32 bits per heavy atom. The number of carbonyl (C=O) groups excluding carboxylic acids is 1. The maximum Gasteiger partial charge on any atom is 0.317 e. The SMILES string of the molecule is CC1CC(C)N(C(=O)NCC2CCCC2C(=O)O)C1. The monoisotopic (exact) mass is 268 g/mol. The van der Waals surface area contributed by atoms with Crippen LogP contribution in [-0.2, 0) is 4.79 Å². The van der Waals surface area contributed by atoms with E-state index in [0.29, 0.717) is 12.5 Å². The van der Waals surface area contributed by atoms with Gasteiger partial charge >= 0.3 is 12.0 Å². The van der Waals surface area contributed by atoms with Crippen molar-refractivity contribution in [2.75, 3.05) is 13.1 Å². The Morgan fingerprint density at radius 2 is 2.05 bits per heavy atom. The van der Waals surface area contributed by atoms with E-state index in [0.717, 1.165) is 32.2 Å².